The largest absolute Gasteiger partial charge is 0.465 e. The second-order valence-electron chi connectivity index (χ2n) is 6.57. The summed E-state index contributed by atoms with van der Waals surface area (Å²) in [7, 11) is -3.55. The Balaban J connectivity index is 3.25. The summed E-state index contributed by atoms with van der Waals surface area (Å²) in [6.07, 6.45) is -0.962. The number of nitrogens with one attached hydrogen (secondary N) is 1. The summed E-state index contributed by atoms with van der Waals surface area (Å²) in [6.45, 7) is 9.52. The van der Waals surface area contributed by atoms with Gasteiger partial charge in [-0.05, 0) is 64.3 Å². The van der Waals surface area contributed by atoms with Gasteiger partial charge in [0.05, 0.1) is 12.8 Å². The van der Waals surface area contributed by atoms with Crippen LogP contribution in [0.1, 0.15) is 38.8 Å². The molecular formula is C19H33N2O6P. The summed E-state index contributed by atoms with van der Waals surface area (Å²) in [4.78, 5) is 11.4. The van der Waals surface area contributed by atoms with E-state index < -0.39 is 25.0 Å². The first-order chi connectivity index (χ1) is 13.1. The van der Waals surface area contributed by atoms with Crippen LogP contribution in [-0.4, -0.2) is 48.8 Å². The topological polar surface area (TPSA) is 120 Å². The van der Waals surface area contributed by atoms with Gasteiger partial charge in [-0.15, -0.1) is 0 Å². The third-order valence-electron chi connectivity index (χ3n) is 4.41. The Morgan fingerprint density at radius 3 is 2.36 bits per heavy atom. The van der Waals surface area contributed by atoms with Crippen molar-refractivity contribution in [2.45, 2.75) is 52.6 Å². The number of rotatable bonds is 12. The van der Waals surface area contributed by atoms with Gasteiger partial charge in [-0.2, -0.15) is 0 Å². The van der Waals surface area contributed by atoms with Crippen LogP contribution in [0.4, 0.5) is 10.5 Å². The quantitative estimate of drug-likeness (QED) is 0.269. The molecule has 1 aromatic rings. The highest BCUT2D eigenvalue weighted by atomic mass is 31.2. The summed E-state index contributed by atoms with van der Waals surface area (Å²) in [5, 5.41) is 11.8. The molecule has 0 radical (unpaired) electrons. The molecule has 0 aliphatic rings. The van der Waals surface area contributed by atoms with Gasteiger partial charge in [-0.1, -0.05) is 6.07 Å². The molecule has 0 bridgehead atoms. The van der Waals surface area contributed by atoms with Crippen LogP contribution in [0, 0.1) is 6.92 Å². The number of hydrogen-bond donors (Lipinski definition) is 3. The van der Waals surface area contributed by atoms with E-state index in [1.165, 1.54) is 0 Å². The average molecular weight is 416 g/mol. The van der Waals surface area contributed by atoms with Crippen LogP contribution < -0.4 is 11.1 Å². The fraction of sp³-hybridized carbons (Fsp3) is 0.632. The van der Waals surface area contributed by atoms with Crippen LogP contribution in [0.15, 0.2) is 18.2 Å². The number of amides is 1. The summed E-state index contributed by atoms with van der Waals surface area (Å²) >= 11 is 0. The SMILES string of the molecule is CCOC(C)(OCC)P(=O)(CC(Cc1cc(N)ccc1C)NC(=O)O)OCC. The van der Waals surface area contributed by atoms with Gasteiger partial charge < -0.3 is 30.2 Å². The molecule has 4 N–H and O–H groups in total. The first kappa shape index (κ1) is 24.4. The molecule has 9 heteroatoms. The van der Waals surface area contributed by atoms with Crippen LogP contribution >= 0.6 is 7.37 Å². The average Bonchev–Trinajstić information content (AvgIpc) is 2.58. The first-order valence-electron chi connectivity index (χ1n) is 9.46. The smallest absolute Gasteiger partial charge is 0.404 e. The zero-order chi connectivity index (χ0) is 21.4. The minimum absolute atomic E-state index is 0.0715. The number of anilines is 1. The van der Waals surface area contributed by atoms with Crippen LogP contribution in [0.3, 0.4) is 0 Å². The van der Waals surface area contributed by atoms with Gasteiger partial charge in [-0.3, -0.25) is 4.57 Å². The van der Waals surface area contributed by atoms with E-state index in [9.17, 15) is 14.5 Å². The molecule has 0 aliphatic heterocycles. The number of hydrogen-bond acceptors (Lipinski definition) is 6. The molecule has 0 aliphatic carbocycles. The van der Waals surface area contributed by atoms with Crippen molar-refractivity contribution in [3.8, 4) is 0 Å². The van der Waals surface area contributed by atoms with E-state index in [1.807, 2.05) is 13.0 Å². The number of benzene rings is 1. The molecular weight excluding hydrogens is 383 g/mol. The van der Waals surface area contributed by atoms with Gasteiger partial charge in [0.2, 0.25) is 5.53 Å². The highest BCUT2D eigenvalue weighted by molar-refractivity contribution is 7.60. The Morgan fingerprint density at radius 1 is 1.25 bits per heavy atom. The lowest BCUT2D eigenvalue weighted by molar-refractivity contribution is -0.168. The van der Waals surface area contributed by atoms with E-state index in [0.29, 0.717) is 12.1 Å². The lowest BCUT2D eigenvalue weighted by Crippen LogP contribution is -2.43. The summed E-state index contributed by atoms with van der Waals surface area (Å²) in [5.41, 5.74) is 6.83. The van der Waals surface area contributed by atoms with E-state index in [4.69, 9.17) is 19.7 Å². The zero-order valence-corrected chi connectivity index (χ0v) is 18.3. The number of carbonyl (C=O) groups is 1. The molecule has 0 spiro atoms. The molecule has 2 atom stereocenters. The van der Waals surface area contributed by atoms with Gasteiger partial charge in [0.15, 0.2) is 0 Å². The molecule has 160 valence electrons. The lowest BCUT2D eigenvalue weighted by atomic mass is 10.0. The molecule has 1 rings (SSSR count). The monoisotopic (exact) mass is 416 g/mol. The molecule has 0 aromatic heterocycles. The predicted octanol–water partition coefficient (Wildman–Crippen LogP) is 3.82. The highest BCUT2D eigenvalue weighted by Crippen LogP contribution is 2.60. The molecule has 8 nitrogen and oxygen atoms in total. The van der Waals surface area contributed by atoms with E-state index in [0.717, 1.165) is 11.1 Å². The lowest BCUT2D eigenvalue weighted by Gasteiger charge is -2.37. The van der Waals surface area contributed by atoms with Crippen molar-refractivity contribution >= 4 is 19.1 Å². The molecule has 1 amide bonds. The van der Waals surface area contributed by atoms with E-state index in [1.54, 1.807) is 39.8 Å². The van der Waals surface area contributed by atoms with Crippen molar-refractivity contribution in [2.24, 2.45) is 0 Å². The summed E-state index contributed by atoms with van der Waals surface area (Å²) < 4.78 is 30.8. The number of ether oxygens (including phenoxy) is 2. The molecule has 0 saturated carbocycles. The number of carboxylic acid groups (broad SMARTS) is 1. The van der Waals surface area contributed by atoms with Gasteiger partial charge in [0.25, 0.3) is 7.37 Å². The van der Waals surface area contributed by atoms with Gasteiger partial charge >= 0.3 is 6.09 Å². The molecule has 0 saturated heterocycles. The maximum atomic E-state index is 13.8. The van der Waals surface area contributed by atoms with Crippen molar-refractivity contribution < 1.29 is 28.5 Å². The fourth-order valence-corrected chi connectivity index (χ4v) is 5.66. The molecule has 2 unspecified atom stereocenters. The molecule has 0 fully saturated rings. The summed E-state index contributed by atoms with van der Waals surface area (Å²) in [5.74, 6) is 0. The molecule has 1 aromatic carbocycles. The van der Waals surface area contributed by atoms with E-state index in [-0.39, 0.29) is 26.0 Å². The van der Waals surface area contributed by atoms with Crippen molar-refractivity contribution in [1.82, 2.24) is 5.32 Å². The number of aryl methyl sites for hydroxylation is 1. The van der Waals surface area contributed by atoms with Crippen LogP contribution in [0.2, 0.25) is 0 Å². The van der Waals surface area contributed by atoms with Crippen molar-refractivity contribution in [3.05, 3.63) is 29.3 Å². The minimum Gasteiger partial charge on any atom is -0.465 e. The summed E-state index contributed by atoms with van der Waals surface area (Å²) in [6, 6.07) is 4.78. The van der Waals surface area contributed by atoms with Crippen molar-refractivity contribution in [3.63, 3.8) is 0 Å². The Hall–Kier alpha value is -1.60. The Bertz CT molecular complexity index is 691. The molecule has 28 heavy (non-hydrogen) atoms. The fourth-order valence-electron chi connectivity index (χ4n) is 3.12. The van der Waals surface area contributed by atoms with E-state index >= 15 is 0 Å². The third-order valence-corrected chi connectivity index (χ3v) is 7.50. The van der Waals surface area contributed by atoms with Crippen molar-refractivity contribution in [2.75, 3.05) is 31.7 Å². The highest BCUT2D eigenvalue weighted by Gasteiger charge is 2.49. The Labute approximate surface area is 167 Å². The number of nitrogen functional groups attached to an aromatic ring is 1. The van der Waals surface area contributed by atoms with E-state index in [2.05, 4.69) is 5.32 Å². The Kier molecular flexibility index (Phi) is 9.44. The Morgan fingerprint density at radius 2 is 1.86 bits per heavy atom. The zero-order valence-electron chi connectivity index (χ0n) is 17.4. The second-order valence-corrected chi connectivity index (χ2v) is 9.36. The number of nitrogens with two attached hydrogens (primary N) is 1. The maximum Gasteiger partial charge on any atom is 0.404 e. The van der Waals surface area contributed by atoms with Crippen LogP contribution in [-0.2, 0) is 25.0 Å². The van der Waals surface area contributed by atoms with Crippen LogP contribution in [0.5, 0.6) is 0 Å². The normalized spacial score (nSPS) is 15.0. The predicted molar refractivity (Wildman–Crippen MR) is 110 cm³/mol. The molecule has 0 heterocycles. The van der Waals surface area contributed by atoms with Gasteiger partial charge in [0.1, 0.15) is 0 Å². The standard InChI is InChI=1S/C19H33N2O6P/c1-6-25-19(5,26-7-2)28(24,27-8-3)13-17(21-18(22)23)12-15-11-16(20)10-9-14(15)4/h9-11,17,21H,6-8,12-13,20H2,1-5H3,(H,22,23). The van der Waals surface area contributed by atoms with Gasteiger partial charge in [-0.25, -0.2) is 4.79 Å². The minimum atomic E-state index is -3.55. The third kappa shape index (κ3) is 6.48. The first-order valence-corrected chi connectivity index (χ1v) is 11.3. The maximum absolute atomic E-state index is 13.8. The second kappa shape index (κ2) is 10.8. The van der Waals surface area contributed by atoms with Crippen molar-refractivity contribution in [1.29, 1.82) is 0 Å². The van der Waals surface area contributed by atoms with Gasteiger partial charge in [0, 0.05) is 24.9 Å². The van der Waals surface area contributed by atoms with Crippen LogP contribution in [0.25, 0.3) is 0 Å².